The van der Waals surface area contributed by atoms with E-state index in [1.165, 1.54) is 23.9 Å². The zero-order valence-electron chi connectivity index (χ0n) is 7.86. The van der Waals surface area contributed by atoms with Crippen LogP contribution in [0.2, 0.25) is 0 Å². The highest BCUT2D eigenvalue weighted by atomic mass is 35.5. The molecular formula is C9H11ClN2O2. The lowest BCUT2D eigenvalue weighted by Gasteiger charge is -2.05. The van der Waals surface area contributed by atoms with Crippen molar-refractivity contribution in [3.05, 3.63) is 34.6 Å². The third-order valence-electron chi connectivity index (χ3n) is 1.61. The average Bonchev–Trinajstić information content (AvgIpc) is 2.21. The number of halogens is 1. The Balaban J connectivity index is 2.95. The van der Waals surface area contributed by atoms with Gasteiger partial charge in [-0.3, -0.25) is 4.79 Å². The monoisotopic (exact) mass is 214 g/mol. The summed E-state index contributed by atoms with van der Waals surface area (Å²) in [6.07, 6.45) is 0. The zero-order chi connectivity index (χ0) is 10.6. The van der Waals surface area contributed by atoms with E-state index >= 15 is 0 Å². The van der Waals surface area contributed by atoms with E-state index in [0.29, 0.717) is 18.3 Å². The number of rotatable bonds is 4. The minimum Gasteiger partial charge on any atom is -0.480 e. The Bertz CT molecular complexity index is 387. The Labute approximate surface area is 86.8 Å². The maximum Gasteiger partial charge on any atom is 0.267 e. The second-order valence-electron chi connectivity index (χ2n) is 2.76. The fourth-order valence-electron chi connectivity index (χ4n) is 0.906. The minimum atomic E-state index is -0.197. The SMILES string of the molecule is C=C(CCl)Cn1nc(OC)ccc1=O. The first-order chi connectivity index (χ1) is 6.67. The van der Waals surface area contributed by atoms with E-state index in [2.05, 4.69) is 11.7 Å². The first kappa shape index (κ1) is 10.8. The molecule has 0 aromatic carbocycles. The van der Waals surface area contributed by atoms with Gasteiger partial charge in [0.05, 0.1) is 13.7 Å². The highest BCUT2D eigenvalue weighted by Gasteiger charge is 2.01. The van der Waals surface area contributed by atoms with Crippen molar-refractivity contribution in [3.63, 3.8) is 0 Å². The van der Waals surface area contributed by atoms with Gasteiger partial charge in [-0.1, -0.05) is 6.58 Å². The van der Waals surface area contributed by atoms with Crippen molar-refractivity contribution in [3.8, 4) is 5.88 Å². The van der Waals surface area contributed by atoms with Crippen LogP contribution in [-0.4, -0.2) is 22.8 Å². The smallest absolute Gasteiger partial charge is 0.267 e. The van der Waals surface area contributed by atoms with Gasteiger partial charge in [-0.15, -0.1) is 16.7 Å². The van der Waals surface area contributed by atoms with Crippen LogP contribution in [0, 0.1) is 0 Å². The van der Waals surface area contributed by atoms with E-state index in [4.69, 9.17) is 16.3 Å². The van der Waals surface area contributed by atoms with Crippen LogP contribution in [0.15, 0.2) is 29.1 Å². The standard InChI is InChI=1S/C9H11ClN2O2/c1-7(5-10)6-12-9(13)4-3-8(11-12)14-2/h3-4H,1,5-6H2,2H3. The molecule has 4 nitrogen and oxygen atoms in total. The van der Waals surface area contributed by atoms with Crippen LogP contribution in [0.25, 0.3) is 0 Å². The Morgan fingerprint density at radius 2 is 2.43 bits per heavy atom. The third kappa shape index (κ3) is 2.60. The van der Waals surface area contributed by atoms with Crippen molar-refractivity contribution < 1.29 is 4.74 Å². The molecular weight excluding hydrogens is 204 g/mol. The molecule has 0 saturated heterocycles. The molecule has 0 fully saturated rings. The number of ether oxygens (including phenoxy) is 1. The molecule has 14 heavy (non-hydrogen) atoms. The highest BCUT2D eigenvalue weighted by molar-refractivity contribution is 6.19. The van der Waals surface area contributed by atoms with E-state index in [9.17, 15) is 4.79 Å². The fourth-order valence-corrected chi connectivity index (χ4v) is 0.991. The Hall–Kier alpha value is -1.29. The van der Waals surface area contributed by atoms with E-state index in [1.54, 1.807) is 0 Å². The number of hydrogen-bond acceptors (Lipinski definition) is 3. The molecule has 1 aromatic rings. The molecule has 0 N–H and O–H groups in total. The number of alkyl halides is 1. The first-order valence-corrected chi connectivity index (χ1v) is 4.55. The maximum atomic E-state index is 11.3. The van der Waals surface area contributed by atoms with Crippen LogP contribution in [0.5, 0.6) is 5.88 Å². The second-order valence-corrected chi connectivity index (χ2v) is 3.02. The van der Waals surface area contributed by atoms with Crippen LogP contribution in [0.3, 0.4) is 0 Å². The second kappa shape index (κ2) is 4.81. The average molecular weight is 215 g/mol. The summed E-state index contributed by atoms with van der Waals surface area (Å²) in [5, 5.41) is 3.94. The summed E-state index contributed by atoms with van der Waals surface area (Å²) in [6.45, 7) is 4.01. The van der Waals surface area contributed by atoms with Crippen molar-refractivity contribution in [2.45, 2.75) is 6.54 Å². The summed E-state index contributed by atoms with van der Waals surface area (Å²) in [5.41, 5.74) is 0.534. The van der Waals surface area contributed by atoms with Gasteiger partial charge in [0.25, 0.3) is 5.56 Å². The number of nitrogens with zero attached hydrogens (tertiary/aromatic N) is 2. The van der Waals surface area contributed by atoms with Gasteiger partial charge < -0.3 is 4.74 Å². The summed E-state index contributed by atoms with van der Waals surface area (Å²) in [5.74, 6) is 0.706. The van der Waals surface area contributed by atoms with Crippen LogP contribution in [-0.2, 0) is 6.54 Å². The summed E-state index contributed by atoms with van der Waals surface area (Å²) in [4.78, 5) is 11.3. The number of hydrogen-bond donors (Lipinski definition) is 0. The lowest BCUT2D eigenvalue weighted by atomic mass is 10.3. The van der Waals surface area contributed by atoms with Gasteiger partial charge in [0.15, 0.2) is 0 Å². The molecule has 0 spiro atoms. The lowest BCUT2D eigenvalue weighted by Crippen LogP contribution is -2.23. The highest BCUT2D eigenvalue weighted by Crippen LogP contribution is 2.01. The minimum absolute atomic E-state index is 0.197. The van der Waals surface area contributed by atoms with Gasteiger partial charge in [-0.2, -0.15) is 0 Å². The Kier molecular flexibility index (Phi) is 3.71. The van der Waals surface area contributed by atoms with Crippen LogP contribution in [0.1, 0.15) is 0 Å². The summed E-state index contributed by atoms with van der Waals surface area (Å²) in [7, 11) is 1.49. The third-order valence-corrected chi connectivity index (χ3v) is 1.99. The Morgan fingerprint density at radius 3 is 3.00 bits per heavy atom. The molecule has 1 rings (SSSR count). The zero-order valence-corrected chi connectivity index (χ0v) is 8.62. The predicted molar refractivity (Wildman–Crippen MR) is 54.9 cm³/mol. The molecule has 0 radical (unpaired) electrons. The largest absolute Gasteiger partial charge is 0.480 e. The van der Waals surface area contributed by atoms with Crippen molar-refractivity contribution in [1.82, 2.24) is 9.78 Å². The molecule has 0 saturated carbocycles. The molecule has 0 aliphatic heterocycles. The van der Waals surface area contributed by atoms with Gasteiger partial charge in [0.1, 0.15) is 0 Å². The number of methoxy groups -OCH3 is 1. The van der Waals surface area contributed by atoms with Crippen LogP contribution >= 0.6 is 11.6 Å². The molecule has 76 valence electrons. The predicted octanol–water partition coefficient (Wildman–Crippen LogP) is 1.05. The van der Waals surface area contributed by atoms with E-state index in [-0.39, 0.29) is 5.56 Å². The molecule has 1 aromatic heterocycles. The van der Waals surface area contributed by atoms with Gasteiger partial charge >= 0.3 is 0 Å². The van der Waals surface area contributed by atoms with E-state index in [1.807, 2.05) is 0 Å². The molecule has 1 heterocycles. The molecule has 5 heteroatoms. The van der Waals surface area contributed by atoms with E-state index < -0.39 is 0 Å². The van der Waals surface area contributed by atoms with Gasteiger partial charge in [-0.05, 0) is 5.57 Å². The number of allylic oxidation sites excluding steroid dienone is 1. The van der Waals surface area contributed by atoms with Crippen LogP contribution in [0.4, 0.5) is 0 Å². The fraction of sp³-hybridized carbons (Fsp3) is 0.333. The van der Waals surface area contributed by atoms with Crippen molar-refractivity contribution in [2.24, 2.45) is 0 Å². The molecule has 0 bridgehead atoms. The molecule has 0 atom stereocenters. The molecule has 0 aliphatic carbocycles. The lowest BCUT2D eigenvalue weighted by molar-refractivity contribution is 0.378. The van der Waals surface area contributed by atoms with Crippen molar-refractivity contribution >= 4 is 11.6 Å². The summed E-state index contributed by atoms with van der Waals surface area (Å²) < 4.78 is 6.16. The Morgan fingerprint density at radius 1 is 1.71 bits per heavy atom. The van der Waals surface area contributed by atoms with Gasteiger partial charge in [0, 0.05) is 18.0 Å². The van der Waals surface area contributed by atoms with Gasteiger partial charge in [0.2, 0.25) is 5.88 Å². The summed E-state index contributed by atoms with van der Waals surface area (Å²) in [6, 6.07) is 2.91. The molecule has 0 unspecified atom stereocenters. The van der Waals surface area contributed by atoms with Crippen molar-refractivity contribution in [1.29, 1.82) is 0 Å². The number of aromatic nitrogens is 2. The quantitative estimate of drug-likeness (QED) is 0.556. The maximum absolute atomic E-state index is 11.3. The summed E-state index contributed by atoms with van der Waals surface area (Å²) >= 11 is 5.55. The molecule has 0 amide bonds. The van der Waals surface area contributed by atoms with Crippen molar-refractivity contribution in [2.75, 3.05) is 13.0 Å². The van der Waals surface area contributed by atoms with Crippen LogP contribution < -0.4 is 10.3 Å². The van der Waals surface area contributed by atoms with Gasteiger partial charge in [-0.25, -0.2) is 4.68 Å². The normalized spacial score (nSPS) is 9.86. The topological polar surface area (TPSA) is 44.1 Å². The first-order valence-electron chi connectivity index (χ1n) is 4.02. The molecule has 0 aliphatic rings. The van der Waals surface area contributed by atoms with E-state index in [0.717, 1.165) is 5.57 Å².